The fourth-order valence-electron chi connectivity index (χ4n) is 15.3. The van der Waals surface area contributed by atoms with Gasteiger partial charge in [-0.2, -0.15) is 29.9 Å². The van der Waals surface area contributed by atoms with Crippen molar-refractivity contribution in [2.75, 3.05) is 104 Å². The van der Waals surface area contributed by atoms with Crippen molar-refractivity contribution in [3.8, 4) is 0 Å². The maximum absolute atomic E-state index is 5.65. The molecule has 4 saturated heterocycles. The zero-order chi connectivity index (χ0) is 61.2. The van der Waals surface area contributed by atoms with Gasteiger partial charge < -0.3 is 29.8 Å². The van der Waals surface area contributed by atoms with E-state index >= 15 is 0 Å². The summed E-state index contributed by atoms with van der Waals surface area (Å²) in [5.74, 6) is 4.68. The summed E-state index contributed by atoms with van der Waals surface area (Å²) in [6.07, 6.45) is 17.9. The molecule has 0 atom stereocenters. The molecule has 6 rings (SSSR count). The Balaban J connectivity index is 1.40. The molecule has 2 aromatic heterocycles. The number of nitrogens with one attached hydrogen (secondary N) is 1. The van der Waals surface area contributed by atoms with Crippen LogP contribution in [-0.4, -0.2) is 192 Å². The van der Waals surface area contributed by atoms with Gasteiger partial charge in [-0.05, 0) is 222 Å². The van der Waals surface area contributed by atoms with Crippen molar-refractivity contribution in [1.82, 2.24) is 49.5 Å². The monoisotopic (exact) mass is 1140 g/mol. The Morgan fingerprint density at radius 3 is 0.793 bits per heavy atom. The van der Waals surface area contributed by atoms with Crippen LogP contribution in [0.25, 0.3) is 0 Å². The maximum atomic E-state index is 5.65. The van der Waals surface area contributed by atoms with Crippen molar-refractivity contribution in [2.24, 2.45) is 0 Å². The minimum atomic E-state index is 0.0148. The van der Waals surface area contributed by atoms with Crippen LogP contribution in [0.1, 0.15) is 248 Å². The molecule has 0 saturated carbocycles. The Morgan fingerprint density at radius 1 is 0.341 bits per heavy atom. The summed E-state index contributed by atoms with van der Waals surface area (Å²) in [4.78, 5) is 56.3. The lowest BCUT2D eigenvalue weighted by Crippen LogP contribution is -2.63. The van der Waals surface area contributed by atoms with Gasteiger partial charge in [0, 0.05) is 115 Å². The number of aromatic nitrogens is 6. The quantitative estimate of drug-likeness (QED) is 0.0899. The van der Waals surface area contributed by atoms with Gasteiger partial charge in [0.15, 0.2) is 0 Å². The zero-order valence-corrected chi connectivity index (χ0v) is 57.8. The SMILES string of the molecule is CCCCN(c1nc(NCCCN(C)c2nc(N(CCCC)C3CC(C)(C)N(C)C(C)(C)C3)nc(N(CCCC)C3CC(C)(C)N(C)C(C)(C)C3)n2)nc(N(CCCC)C2CC(C)(C)N(C)C(C)(C)C2)n1)C1CC(C)(C)N(C)C(C)(C)C1. The average molecular weight is 1140 g/mol. The van der Waals surface area contributed by atoms with E-state index < -0.39 is 0 Å². The molecule has 4 fully saturated rings. The second-order valence-electron chi connectivity index (χ2n) is 31.4. The number of hydrogen-bond donors (Lipinski definition) is 1. The zero-order valence-electron chi connectivity index (χ0n) is 57.8. The maximum Gasteiger partial charge on any atom is 0.232 e. The molecule has 0 aliphatic carbocycles. The van der Waals surface area contributed by atoms with Gasteiger partial charge in [0.25, 0.3) is 0 Å². The number of rotatable bonds is 26. The first-order valence-corrected chi connectivity index (χ1v) is 33.0. The molecule has 4 aliphatic rings. The lowest BCUT2D eigenvalue weighted by molar-refractivity contribution is -0.0135. The number of likely N-dealkylation sites (tertiary alicyclic amines) is 4. The fraction of sp³-hybridized carbons (Fsp3) is 0.909. The van der Waals surface area contributed by atoms with Crippen LogP contribution in [0.3, 0.4) is 0 Å². The van der Waals surface area contributed by atoms with Gasteiger partial charge in [-0.3, -0.25) is 19.6 Å². The Labute approximate surface area is 503 Å². The number of nitrogens with zero attached hydrogens (tertiary/aromatic N) is 15. The number of unbranched alkanes of at least 4 members (excludes halogenated alkanes) is 4. The molecule has 0 radical (unpaired) electrons. The van der Waals surface area contributed by atoms with Gasteiger partial charge in [0.1, 0.15) is 0 Å². The summed E-state index contributed by atoms with van der Waals surface area (Å²) in [7, 11) is 11.4. The number of anilines is 6. The van der Waals surface area contributed by atoms with E-state index in [-0.39, 0.29) is 68.5 Å². The van der Waals surface area contributed by atoms with Crippen LogP contribution in [0, 0.1) is 0 Å². The van der Waals surface area contributed by atoms with E-state index in [4.69, 9.17) is 29.9 Å². The largest absolute Gasteiger partial charge is 0.354 e. The van der Waals surface area contributed by atoms with Crippen molar-refractivity contribution >= 4 is 35.7 Å². The van der Waals surface area contributed by atoms with Crippen LogP contribution in [0.15, 0.2) is 0 Å². The van der Waals surface area contributed by atoms with Gasteiger partial charge in [-0.15, -0.1) is 0 Å². The highest BCUT2D eigenvalue weighted by Gasteiger charge is 2.50. The fourth-order valence-corrected chi connectivity index (χ4v) is 15.3. The van der Waals surface area contributed by atoms with Gasteiger partial charge in [0.05, 0.1) is 0 Å². The second kappa shape index (κ2) is 26.3. The molecule has 2 aromatic rings. The Bertz CT molecular complexity index is 2130. The first-order chi connectivity index (χ1) is 38.0. The van der Waals surface area contributed by atoms with Gasteiger partial charge in [-0.1, -0.05) is 53.4 Å². The molecule has 16 nitrogen and oxygen atoms in total. The van der Waals surface area contributed by atoms with E-state index in [0.29, 0.717) is 12.5 Å². The molecule has 0 amide bonds. The predicted molar refractivity (Wildman–Crippen MR) is 351 cm³/mol. The summed E-state index contributed by atoms with van der Waals surface area (Å²) in [6.45, 7) is 52.9. The van der Waals surface area contributed by atoms with Crippen molar-refractivity contribution in [2.45, 2.75) is 316 Å². The van der Waals surface area contributed by atoms with Crippen molar-refractivity contribution < 1.29 is 0 Å². The van der Waals surface area contributed by atoms with Crippen molar-refractivity contribution in [3.05, 3.63) is 0 Å². The average Bonchev–Trinajstić information content (AvgIpc) is 3.42. The smallest absolute Gasteiger partial charge is 0.232 e. The van der Waals surface area contributed by atoms with E-state index in [2.05, 4.69) is 223 Å². The van der Waals surface area contributed by atoms with E-state index in [1.165, 1.54) is 0 Å². The summed E-state index contributed by atoms with van der Waals surface area (Å²) in [6, 6.07) is 1.15. The molecule has 1 N–H and O–H groups in total. The molecule has 16 heteroatoms. The molecule has 0 unspecified atom stereocenters. The number of hydrogen-bond acceptors (Lipinski definition) is 16. The van der Waals surface area contributed by atoms with Gasteiger partial charge >= 0.3 is 0 Å². The normalized spacial score (nSPS) is 23.2. The van der Waals surface area contributed by atoms with E-state index in [0.717, 1.165) is 172 Å². The molecule has 6 heterocycles. The Morgan fingerprint density at radius 2 is 0.561 bits per heavy atom. The lowest BCUT2D eigenvalue weighted by atomic mass is 9.77. The summed E-state index contributed by atoms with van der Waals surface area (Å²) in [5, 5.41) is 3.83. The Hall–Kier alpha value is -3.34. The molecule has 0 aromatic carbocycles. The minimum absolute atomic E-state index is 0.0148. The third-order valence-electron chi connectivity index (χ3n) is 21.5. The summed E-state index contributed by atoms with van der Waals surface area (Å²) >= 11 is 0. The van der Waals surface area contributed by atoms with E-state index in [1.54, 1.807) is 0 Å². The minimum Gasteiger partial charge on any atom is -0.354 e. The van der Waals surface area contributed by atoms with Crippen LogP contribution >= 0.6 is 0 Å². The molecular weight excluding hydrogens is 1020 g/mol. The van der Waals surface area contributed by atoms with E-state index in [9.17, 15) is 0 Å². The van der Waals surface area contributed by atoms with Crippen LogP contribution < -0.4 is 29.8 Å². The highest BCUT2D eigenvalue weighted by Crippen LogP contribution is 2.45. The van der Waals surface area contributed by atoms with Crippen molar-refractivity contribution in [3.63, 3.8) is 0 Å². The third kappa shape index (κ3) is 15.6. The molecule has 470 valence electrons. The Kier molecular flexibility index (Phi) is 21.8. The number of piperidine rings is 4. The highest BCUT2D eigenvalue weighted by molar-refractivity contribution is 5.50. The molecular formula is C66H126N16. The molecule has 82 heavy (non-hydrogen) atoms. The molecule has 0 spiro atoms. The first-order valence-electron chi connectivity index (χ1n) is 33.0. The lowest BCUT2D eigenvalue weighted by Gasteiger charge is -2.56. The topological polar surface area (TPSA) is 119 Å². The van der Waals surface area contributed by atoms with Crippen LogP contribution in [-0.2, 0) is 0 Å². The van der Waals surface area contributed by atoms with Crippen molar-refractivity contribution in [1.29, 1.82) is 0 Å². The summed E-state index contributed by atoms with van der Waals surface area (Å²) in [5.41, 5.74) is 0.120. The predicted octanol–water partition coefficient (Wildman–Crippen LogP) is 13.0. The van der Waals surface area contributed by atoms with Crippen LogP contribution in [0.4, 0.5) is 35.7 Å². The van der Waals surface area contributed by atoms with E-state index in [1.807, 2.05) is 0 Å². The van der Waals surface area contributed by atoms with Crippen LogP contribution in [0.5, 0.6) is 0 Å². The highest BCUT2D eigenvalue weighted by atomic mass is 15.4. The van der Waals surface area contributed by atoms with Crippen LogP contribution in [0.2, 0.25) is 0 Å². The summed E-state index contributed by atoms with van der Waals surface area (Å²) < 4.78 is 0. The molecule has 4 aliphatic heterocycles. The first kappa shape index (κ1) is 67.8. The van der Waals surface area contributed by atoms with Gasteiger partial charge in [0.2, 0.25) is 35.7 Å². The standard InChI is InChI=1S/C66H126N16/c1-26-30-37-79(49-41-59(5,6)75(22)60(7,8)42-49)55-68-53(69-56(72-55)80(38-31-27-2)50-43-61(9,10)76(23)62(11,12)44-50)67-35-34-36-74(21)54-70-57(81(39-32-28-3)51-45-63(13,14)77(24)64(15,16)46-51)73-58(71-54)82(40-33-29-4)52-47-65(17,18)78(25)66(19,20)48-52/h49-52H,26-48H2,1-25H3,(H,67,68,69,72). The van der Waals surface area contributed by atoms with Gasteiger partial charge in [-0.25, -0.2) is 0 Å². The third-order valence-corrected chi connectivity index (χ3v) is 21.5. The molecule has 0 bridgehead atoms. The second-order valence-corrected chi connectivity index (χ2v) is 31.4.